The SMILES string of the molecule is NC(=O)CCN(C(=O)COC(=O)CSc1ccc2ccccc2c1)c1ccccc1. The highest BCUT2D eigenvalue weighted by molar-refractivity contribution is 8.00. The third kappa shape index (κ3) is 6.09. The molecule has 30 heavy (non-hydrogen) atoms. The van der Waals surface area contributed by atoms with Gasteiger partial charge < -0.3 is 15.4 Å². The van der Waals surface area contributed by atoms with Gasteiger partial charge in [-0.3, -0.25) is 14.4 Å². The number of hydrogen-bond acceptors (Lipinski definition) is 5. The zero-order chi connectivity index (χ0) is 21.3. The van der Waals surface area contributed by atoms with Crippen molar-refractivity contribution in [1.82, 2.24) is 0 Å². The maximum absolute atomic E-state index is 12.6. The number of amides is 2. The Bertz CT molecular complexity index is 1040. The molecular formula is C23H22N2O4S. The van der Waals surface area contributed by atoms with Gasteiger partial charge in [0.1, 0.15) is 0 Å². The quantitative estimate of drug-likeness (QED) is 0.422. The normalized spacial score (nSPS) is 10.5. The summed E-state index contributed by atoms with van der Waals surface area (Å²) < 4.78 is 5.16. The first kappa shape index (κ1) is 21.4. The fourth-order valence-electron chi connectivity index (χ4n) is 2.89. The lowest BCUT2D eigenvalue weighted by molar-refractivity contribution is -0.145. The van der Waals surface area contributed by atoms with Crippen molar-refractivity contribution in [2.45, 2.75) is 11.3 Å². The fourth-order valence-corrected chi connectivity index (χ4v) is 3.63. The molecule has 0 aliphatic heterocycles. The highest BCUT2D eigenvalue weighted by Gasteiger charge is 2.18. The number of carbonyl (C=O) groups excluding carboxylic acids is 3. The molecule has 2 N–H and O–H groups in total. The molecule has 0 atom stereocenters. The summed E-state index contributed by atoms with van der Waals surface area (Å²) >= 11 is 1.35. The van der Waals surface area contributed by atoms with Gasteiger partial charge in [-0.25, -0.2) is 0 Å². The van der Waals surface area contributed by atoms with Gasteiger partial charge in [0.2, 0.25) is 5.91 Å². The number of benzene rings is 3. The molecule has 6 nitrogen and oxygen atoms in total. The van der Waals surface area contributed by atoms with Crippen molar-refractivity contribution in [2.24, 2.45) is 5.73 Å². The smallest absolute Gasteiger partial charge is 0.316 e. The minimum Gasteiger partial charge on any atom is -0.455 e. The zero-order valence-corrected chi connectivity index (χ0v) is 17.1. The lowest BCUT2D eigenvalue weighted by atomic mass is 10.1. The number of primary amides is 1. The van der Waals surface area contributed by atoms with Gasteiger partial charge in [0.05, 0.1) is 5.75 Å². The molecule has 0 heterocycles. The second-order valence-electron chi connectivity index (χ2n) is 6.56. The molecular weight excluding hydrogens is 400 g/mol. The minimum absolute atomic E-state index is 0.0202. The maximum atomic E-state index is 12.6. The van der Waals surface area contributed by atoms with Gasteiger partial charge in [-0.2, -0.15) is 0 Å². The van der Waals surface area contributed by atoms with E-state index in [2.05, 4.69) is 0 Å². The number of ether oxygens (including phenoxy) is 1. The van der Waals surface area contributed by atoms with E-state index in [-0.39, 0.29) is 18.7 Å². The van der Waals surface area contributed by atoms with Crippen LogP contribution in [0.3, 0.4) is 0 Å². The Kier molecular flexibility index (Phi) is 7.45. The lowest BCUT2D eigenvalue weighted by Gasteiger charge is -2.22. The van der Waals surface area contributed by atoms with Crippen LogP contribution in [0.4, 0.5) is 5.69 Å². The average Bonchev–Trinajstić information content (AvgIpc) is 2.76. The van der Waals surface area contributed by atoms with Crippen LogP contribution in [0.5, 0.6) is 0 Å². The lowest BCUT2D eigenvalue weighted by Crippen LogP contribution is -2.37. The van der Waals surface area contributed by atoms with Gasteiger partial charge >= 0.3 is 5.97 Å². The molecule has 3 aromatic rings. The molecule has 3 rings (SSSR count). The molecule has 0 fully saturated rings. The van der Waals surface area contributed by atoms with E-state index in [1.54, 1.807) is 24.3 Å². The fraction of sp³-hybridized carbons (Fsp3) is 0.174. The van der Waals surface area contributed by atoms with Crippen LogP contribution in [0.25, 0.3) is 10.8 Å². The van der Waals surface area contributed by atoms with E-state index in [0.29, 0.717) is 5.69 Å². The molecule has 154 valence electrons. The zero-order valence-electron chi connectivity index (χ0n) is 16.3. The van der Waals surface area contributed by atoms with Gasteiger partial charge in [-0.1, -0.05) is 48.5 Å². The van der Waals surface area contributed by atoms with Crippen LogP contribution in [0.15, 0.2) is 77.7 Å². The predicted octanol–water partition coefficient (Wildman–Crippen LogP) is 3.38. The second kappa shape index (κ2) is 10.5. The van der Waals surface area contributed by atoms with Crippen LogP contribution in [0.2, 0.25) is 0 Å². The molecule has 0 saturated carbocycles. The van der Waals surface area contributed by atoms with E-state index in [0.717, 1.165) is 15.7 Å². The number of nitrogens with two attached hydrogens (primary N) is 1. The molecule has 3 aromatic carbocycles. The van der Waals surface area contributed by atoms with Gasteiger partial charge in [-0.15, -0.1) is 11.8 Å². The van der Waals surface area contributed by atoms with Crippen molar-refractivity contribution in [1.29, 1.82) is 0 Å². The monoisotopic (exact) mass is 422 g/mol. The number of rotatable bonds is 9. The van der Waals surface area contributed by atoms with E-state index in [1.807, 2.05) is 48.5 Å². The van der Waals surface area contributed by atoms with Gasteiger partial charge in [0, 0.05) is 23.5 Å². The summed E-state index contributed by atoms with van der Waals surface area (Å²) in [5.41, 5.74) is 5.82. The number of hydrogen-bond donors (Lipinski definition) is 1. The Morgan fingerprint density at radius 1 is 0.900 bits per heavy atom. The van der Waals surface area contributed by atoms with Crippen molar-refractivity contribution in [3.05, 3.63) is 72.8 Å². The maximum Gasteiger partial charge on any atom is 0.316 e. The first-order valence-corrected chi connectivity index (χ1v) is 10.4. The Labute approximate surface area is 179 Å². The highest BCUT2D eigenvalue weighted by Crippen LogP contribution is 2.23. The largest absolute Gasteiger partial charge is 0.455 e. The molecule has 0 radical (unpaired) electrons. The van der Waals surface area contributed by atoms with Gasteiger partial charge in [-0.05, 0) is 35.0 Å². The van der Waals surface area contributed by atoms with Crippen molar-refractivity contribution in [3.8, 4) is 0 Å². The van der Waals surface area contributed by atoms with E-state index >= 15 is 0 Å². The third-order valence-electron chi connectivity index (χ3n) is 4.38. The summed E-state index contributed by atoms with van der Waals surface area (Å²) in [7, 11) is 0. The van der Waals surface area contributed by atoms with E-state index < -0.39 is 24.4 Å². The molecule has 0 unspecified atom stereocenters. The van der Waals surface area contributed by atoms with Crippen molar-refractivity contribution >= 4 is 46.0 Å². The Hall–Kier alpha value is -3.32. The molecule has 0 spiro atoms. The summed E-state index contributed by atoms with van der Waals surface area (Å²) in [4.78, 5) is 38.2. The van der Waals surface area contributed by atoms with Crippen LogP contribution < -0.4 is 10.6 Å². The van der Waals surface area contributed by atoms with Crippen LogP contribution in [-0.4, -0.2) is 36.7 Å². The number of thioether (sulfide) groups is 1. The summed E-state index contributed by atoms with van der Waals surface area (Å²) in [6.07, 6.45) is 0.0202. The first-order chi connectivity index (χ1) is 14.5. The Morgan fingerprint density at radius 2 is 1.60 bits per heavy atom. The first-order valence-electron chi connectivity index (χ1n) is 9.44. The Balaban J connectivity index is 1.53. The molecule has 0 aromatic heterocycles. The van der Waals surface area contributed by atoms with Gasteiger partial charge in [0.25, 0.3) is 5.91 Å². The van der Waals surface area contributed by atoms with Crippen molar-refractivity contribution < 1.29 is 19.1 Å². The van der Waals surface area contributed by atoms with E-state index in [1.165, 1.54) is 16.7 Å². The molecule has 2 amide bonds. The number of fused-ring (bicyclic) bond motifs is 1. The minimum atomic E-state index is -0.507. The molecule has 0 saturated heterocycles. The van der Waals surface area contributed by atoms with E-state index in [9.17, 15) is 14.4 Å². The number of anilines is 1. The summed E-state index contributed by atoms with van der Waals surface area (Å²) in [5, 5.41) is 2.23. The third-order valence-corrected chi connectivity index (χ3v) is 5.35. The highest BCUT2D eigenvalue weighted by atomic mass is 32.2. The van der Waals surface area contributed by atoms with Crippen molar-refractivity contribution in [2.75, 3.05) is 23.8 Å². The summed E-state index contributed by atoms with van der Waals surface area (Å²) in [6, 6.07) is 22.8. The number of para-hydroxylation sites is 1. The van der Waals surface area contributed by atoms with Crippen LogP contribution in [0.1, 0.15) is 6.42 Å². The van der Waals surface area contributed by atoms with E-state index in [4.69, 9.17) is 10.5 Å². The van der Waals surface area contributed by atoms with Crippen LogP contribution in [0, 0.1) is 0 Å². The summed E-state index contributed by atoms with van der Waals surface area (Å²) in [5.74, 6) is -1.30. The summed E-state index contributed by atoms with van der Waals surface area (Å²) in [6.45, 7) is -0.271. The number of esters is 1. The molecule has 0 aliphatic rings. The molecule has 7 heteroatoms. The van der Waals surface area contributed by atoms with Crippen LogP contribution in [-0.2, 0) is 19.1 Å². The Morgan fingerprint density at radius 3 is 2.33 bits per heavy atom. The van der Waals surface area contributed by atoms with Gasteiger partial charge in [0.15, 0.2) is 6.61 Å². The van der Waals surface area contributed by atoms with Crippen molar-refractivity contribution in [3.63, 3.8) is 0 Å². The average molecular weight is 423 g/mol. The molecule has 0 aliphatic carbocycles. The topological polar surface area (TPSA) is 89.7 Å². The molecule has 0 bridgehead atoms. The second-order valence-corrected chi connectivity index (χ2v) is 7.60. The number of nitrogens with zero attached hydrogens (tertiary/aromatic N) is 1. The predicted molar refractivity (Wildman–Crippen MR) is 118 cm³/mol. The standard InChI is InChI=1S/C23H22N2O4S/c24-21(26)12-13-25(19-8-2-1-3-9-19)22(27)15-29-23(28)16-30-20-11-10-17-6-4-5-7-18(17)14-20/h1-11,14H,12-13,15-16H2,(H2,24,26). The van der Waals surface area contributed by atoms with Crippen LogP contribution >= 0.6 is 11.8 Å². The number of carbonyl (C=O) groups is 3.